The second kappa shape index (κ2) is 11.9. The molecule has 1 heterocycles. The lowest BCUT2D eigenvalue weighted by atomic mass is 10.1. The highest BCUT2D eigenvalue weighted by Gasteiger charge is 2.31. The molecule has 1 fully saturated rings. The molecular formula is C27H28Cl2FN3O5S. The Morgan fingerprint density at radius 2 is 1.64 bits per heavy atom. The zero-order valence-corrected chi connectivity index (χ0v) is 24.0. The Morgan fingerprint density at radius 3 is 2.28 bits per heavy atom. The van der Waals surface area contributed by atoms with Gasteiger partial charge in [0.2, 0.25) is 5.91 Å². The van der Waals surface area contributed by atoms with Crippen molar-refractivity contribution in [2.45, 2.75) is 11.8 Å². The summed E-state index contributed by atoms with van der Waals surface area (Å²) in [6.45, 7) is 3.37. The summed E-state index contributed by atoms with van der Waals surface area (Å²) in [5.41, 5.74) is 2.12. The number of nitrogens with zero attached hydrogens (tertiary/aromatic N) is 3. The molecule has 0 spiro atoms. The Morgan fingerprint density at radius 1 is 0.949 bits per heavy atom. The van der Waals surface area contributed by atoms with Crippen LogP contribution >= 0.6 is 23.2 Å². The van der Waals surface area contributed by atoms with E-state index in [2.05, 4.69) is 4.90 Å². The Bertz CT molecular complexity index is 1480. The molecule has 0 saturated carbocycles. The minimum absolute atomic E-state index is 0.0534. The van der Waals surface area contributed by atoms with E-state index in [9.17, 15) is 17.6 Å². The number of anilines is 2. The van der Waals surface area contributed by atoms with Crippen LogP contribution in [0.3, 0.4) is 0 Å². The number of sulfonamides is 1. The minimum Gasteiger partial charge on any atom is -0.493 e. The molecule has 0 aliphatic carbocycles. The summed E-state index contributed by atoms with van der Waals surface area (Å²) >= 11 is 12.2. The molecule has 0 N–H and O–H groups in total. The second-order valence-corrected chi connectivity index (χ2v) is 11.6. The summed E-state index contributed by atoms with van der Waals surface area (Å²) in [6.07, 6.45) is 0. The number of aryl methyl sites for hydroxylation is 1. The number of benzene rings is 3. The third kappa shape index (κ3) is 6.18. The van der Waals surface area contributed by atoms with Gasteiger partial charge >= 0.3 is 0 Å². The topological polar surface area (TPSA) is 79.4 Å². The van der Waals surface area contributed by atoms with Gasteiger partial charge in [-0.05, 0) is 55.0 Å². The van der Waals surface area contributed by atoms with Crippen LogP contribution < -0.4 is 18.7 Å². The van der Waals surface area contributed by atoms with Gasteiger partial charge in [-0.15, -0.1) is 0 Å². The van der Waals surface area contributed by atoms with Crippen molar-refractivity contribution in [3.05, 3.63) is 76.0 Å². The molecule has 39 heavy (non-hydrogen) atoms. The number of rotatable bonds is 8. The molecule has 8 nitrogen and oxygen atoms in total. The molecule has 4 rings (SSSR count). The van der Waals surface area contributed by atoms with Gasteiger partial charge in [-0.25, -0.2) is 12.8 Å². The quantitative estimate of drug-likeness (QED) is 0.364. The lowest BCUT2D eigenvalue weighted by Gasteiger charge is -2.37. The summed E-state index contributed by atoms with van der Waals surface area (Å²) in [4.78, 5) is 17.0. The number of piperazine rings is 1. The number of carbonyl (C=O) groups excluding carboxylic acids is 1. The maximum absolute atomic E-state index is 13.9. The number of carbonyl (C=O) groups is 1. The van der Waals surface area contributed by atoms with Gasteiger partial charge in [0.05, 0.1) is 29.8 Å². The van der Waals surface area contributed by atoms with Crippen molar-refractivity contribution in [2.24, 2.45) is 0 Å². The van der Waals surface area contributed by atoms with Crippen molar-refractivity contribution in [3.8, 4) is 11.5 Å². The number of ether oxygens (including phenoxy) is 2. The second-order valence-electron chi connectivity index (χ2n) is 8.93. The van der Waals surface area contributed by atoms with Gasteiger partial charge in [-0.3, -0.25) is 9.10 Å². The van der Waals surface area contributed by atoms with Crippen LogP contribution in [0.15, 0.2) is 59.5 Å². The van der Waals surface area contributed by atoms with Gasteiger partial charge in [0.1, 0.15) is 12.4 Å². The predicted molar refractivity (Wildman–Crippen MR) is 150 cm³/mol. The Hall–Kier alpha value is -3.21. The molecule has 3 aromatic rings. The van der Waals surface area contributed by atoms with E-state index in [0.29, 0.717) is 37.0 Å². The Labute approximate surface area is 237 Å². The van der Waals surface area contributed by atoms with E-state index in [4.69, 9.17) is 32.7 Å². The first kappa shape index (κ1) is 28.8. The maximum atomic E-state index is 13.9. The van der Waals surface area contributed by atoms with Gasteiger partial charge in [-0.1, -0.05) is 29.3 Å². The molecule has 1 saturated heterocycles. The molecule has 0 unspecified atom stereocenters. The van der Waals surface area contributed by atoms with E-state index in [1.54, 1.807) is 4.90 Å². The molecule has 0 aromatic heterocycles. The summed E-state index contributed by atoms with van der Waals surface area (Å²) < 4.78 is 53.0. The van der Waals surface area contributed by atoms with Crippen molar-refractivity contribution in [1.29, 1.82) is 0 Å². The maximum Gasteiger partial charge on any atom is 0.264 e. The number of amides is 1. The summed E-state index contributed by atoms with van der Waals surface area (Å²) in [6, 6.07) is 13.3. The van der Waals surface area contributed by atoms with E-state index in [0.717, 1.165) is 21.6 Å². The summed E-state index contributed by atoms with van der Waals surface area (Å²) in [5, 5.41) is 0.362. The fraction of sp³-hybridized carbons (Fsp3) is 0.296. The lowest BCUT2D eigenvalue weighted by Crippen LogP contribution is -2.52. The molecule has 0 bridgehead atoms. The molecular weight excluding hydrogens is 568 g/mol. The summed E-state index contributed by atoms with van der Waals surface area (Å²) in [5.74, 6) is -0.560. The first-order valence-electron chi connectivity index (χ1n) is 12.0. The summed E-state index contributed by atoms with van der Waals surface area (Å²) in [7, 11) is -1.47. The van der Waals surface area contributed by atoms with Gasteiger partial charge in [0.15, 0.2) is 11.5 Å². The van der Waals surface area contributed by atoms with E-state index in [1.165, 1.54) is 44.6 Å². The highest BCUT2D eigenvalue weighted by atomic mass is 35.5. The predicted octanol–water partition coefficient (Wildman–Crippen LogP) is 5.00. The van der Waals surface area contributed by atoms with Crippen molar-refractivity contribution in [3.63, 3.8) is 0 Å². The average Bonchev–Trinajstić information content (AvgIpc) is 2.94. The largest absolute Gasteiger partial charge is 0.493 e. The third-order valence-corrected chi connectivity index (χ3v) is 8.85. The monoisotopic (exact) mass is 595 g/mol. The van der Waals surface area contributed by atoms with E-state index in [1.807, 2.05) is 25.1 Å². The number of hydrogen-bond acceptors (Lipinski definition) is 6. The van der Waals surface area contributed by atoms with Gasteiger partial charge in [0.25, 0.3) is 10.0 Å². The lowest BCUT2D eigenvalue weighted by molar-refractivity contribution is -0.129. The highest BCUT2D eigenvalue weighted by molar-refractivity contribution is 7.92. The van der Waals surface area contributed by atoms with E-state index < -0.39 is 28.3 Å². The third-order valence-electron chi connectivity index (χ3n) is 6.56. The molecule has 3 aromatic carbocycles. The fourth-order valence-corrected chi connectivity index (χ4v) is 6.17. The van der Waals surface area contributed by atoms with Crippen LogP contribution in [0.5, 0.6) is 11.5 Å². The Kier molecular flexibility index (Phi) is 8.78. The van der Waals surface area contributed by atoms with Crippen LogP contribution in [0.25, 0.3) is 0 Å². The van der Waals surface area contributed by atoms with Gasteiger partial charge < -0.3 is 19.3 Å². The van der Waals surface area contributed by atoms with Crippen molar-refractivity contribution >= 4 is 50.5 Å². The molecule has 1 aliphatic rings. The van der Waals surface area contributed by atoms with Crippen molar-refractivity contribution < 1.29 is 27.1 Å². The molecule has 0 radical (unpaired) electrons. The molecule has 12 heteroatoms. The van der Waals surface area contributed by atoms with Crippen LogP contribution in [-0.2, 0) is 14.8 Å². The van der Waals surface area contributed by atoms with Crippen LogP contribution in [-0.4, -0.2) is 66.2 Å². The average molecular weight is 597 g/mol. The number of hydrogen-bond donors (Lipinski definition) is 0. The molecule has 1 amide bonds. The van der Waals surface area contributed by atoms with Crippen molar-refractivity contribution in [1.82, 2.24) is 4.90 Å². The molecule has 1 aliphatic heterocycles. The van der Waals surface area contributed by atoms with E-state index >= 15 is 0 Å². The molecule has 208 valence electrons. The van der Waals surface area contributed by atoms with Gasteiger partial charge in [-0.2, -0.15) is 0 Å². The van der Waals surface area contributed by atoms with Gasteiger partial charge in [0, 0.05) is 43.0 Å². The van der Waals surface area contributed by atoms with Crippen molar-refractivity contribution in [2.75, 3.05) is 56.1 Å². The van der Waals surface area contributed by atoms with Crippen LogP contribution in [0.2, 0.25) is 10.0 Å². The number of halogens is 3. The first-order chi connectivity index (χ1) is 18.5. The van der Waals surface area contributed by atoms with Crippen LogP contribution in [0.1, 0.15) is 5.56 Å². The van der Waals surface area contributed by atoms with E-state index in [-0.39, 0.29) is 21.4 Å². The molecule has 0 atom stereocenters. The zero-order valence-electron chi connectivity index (χ0n) is 21.7. The zero-order chi connectivity index (χ0) is 28.3. The van der Waals surface area contributed by atoms with Crippen LogP contribution in [0, 0.1) is 12.7 Å². The smallest absolute Gasteiger partial charge is 0.264 e. The highest BCUT2D eigenvalue weighted by Crippen LogP contribution is 2.33. The standard InChI is InChI=1S/C27H28Cl2FN3O5S/c1-18-4-5-19(28)14-24(18)31-10-12-32(13-11-31)27(34)17-33(20-6-8-23(30)22(29)15-20)39(35,36)21-7-9-25(37-2)26(16-21)38-3/h4-9,14-16H,10-13,17H2,1-3H3. The fourth-order valence-electron chi connectivity index (χ4n) is 4.40. The normalized spacial score (nSPS) is 13.8. The Balaban J connectivity index is 1.60. The number of methoxy groups -OCH3 is 2. The first-order valence-corrected chi connectivity index (χ1v) is 14.2. The van der Waals surface area contributed by atoms with Crippen LogP contribution in [0.4, 0.5) is 15.8 Å². The SMILES string of the molecule is COc1ccc(S(=O)(=O)N(CC(=O)N2CCN(c3cc(Cl)ccc3C)CC2)c2ccc(F)c(Cl)c2)cc1OC. The minimum atomic E-state index is -4.30.